The number of carbonyl (C=O) groups is 2. The van der Waals surface area contributed by atoms with Gasteiger partial charge in [-0.15, -0.1) is 11.8 Å². The molecule has 3 rings (SSSR count). The lowest BCUT2D eigenvalue weighted by molar-refractivity contribution is -0.115. The van der Waals surface area contributed by atoms with Gasteiger partial charge < -0.3 is 15.5 Å². The Kier molecular flexibility index (Phi) is 5.15. The van der Waals surface area contributed by atoms with E-state index in [2.05, 4.69) is 29.4 Å². The van der Waals surface area contributed by atoms with Crippen molar-refractivity contribution in [3.63, 3.8) is 0 Å². The second-order valence-electron chi connectivity index (χ2n) is 6.84. The highest BCUT2D eigenvalue weighted by atomic mass is 32.2. The molecule has 130 valence electrons. The SMILES string of the molecule is CC1Sc2ccc(C(=O)NC3CCN(C(C)C)CC3)cc2NC1=O. The van der Waals surface area contributed by atoms with Crippen molar-refractivity contribution >= 4 is 29.3 Å². The number of amides is 2. The topological polar surface area (TPSA) is 61.4 Å². The Hall–Kier alpha value is -1.53. The number of hydrogen-bond acceptors (Lipinski definition) is 4. The summed E-state index contributed by atoms with van der Waals surface area (Å²) in [6.45, 7) is 8.35. The number of rotatable bonds is 3. The number of nitrogens with zero attached hydrogens (tertiary/aromatic N) is 1. The molecule has 2 heterocycles. The maximum atomic E-state index is 12.5. The number of benzene rings is 1. The lowest BCUT2D eigenvalue weighted by Crippen LogP contribution is -2.46. The number of anilines is 1. The molecule has 1 atom stereocenters. The molecule has 2 aliphatic rings. The summed E-state index contributed by atoms with van der Waals surface area (Å²) in [5.74, 6) is -0.0650. The molecule has 0 spiro atoms. The molecule has 2 aliphatic heterocycles. The highest BCUT2D eigenvalue weighted by molar-refractivity contribution is 8.00. The second kappa shape index (κ2) is 7.15. The number of nitrogens with one attached hydrogen (secondary N) is 2. The van der Waals surface area contributed by atoms with Gasteiger partial charge in [-0.05, 0) is 51.8 Å². The van der Waals surface area contributed by atoms with E-state index >= 15 is 0 Å². The predicted molar refractivity (Wildman–Crippen MR) is 97.6 cm³/mol. The van der Waals surface area contributed by atoms with Crippen LogP contribution in [-0.4, -0.2) is 47.1 Å². The van der Waals surface area contributed by atoms with Crippen molar-refractivity contribution in [2.45, 2.75) is 55.8 Å². The highest BCUT2D eigenvalue weighted by Crippen LogP contribution is 2.35. The Balaban J connectivity index is 1.62. The van der Waals surface area contributed by atoms with Gasteiger partial charge in [0.05, 0.1) is 10.9 Å². The molecular formula is C18H25N3O2S. The number of likely N-dealkylation sites (tertiary alicyclic amines) is 1. The molecule has 1 unspecified atom stereocenters. The van der Waals surface area contributed by atoms with E-state index in [4.69, 9.17) is 0 Å². The molecule has 0 saturated carbocycles. The van der Waals surface area contributed by atoms with Gasteiger partial charge in [0.25, 0.3) is 5.91 Å². The molecule has 1 aromatic carbocycles. The molecule has 2 amide bonds. The summed E-state index contributed by atoms with van der Waals surface area (Å²) in [6, 6.07) is 6.34. The van der Waals surface area contributed by atoms with E-state index in [0.717, 1.165) is 36.5 Å². The third-order valence-corrected chi connectivity index (χ3v) is 5.95. The normalized spacial score (nSPS) is 22.2. The molecule has 0 aliphatic carbocycles. The summed E-state index contributed by atoms with van der Waals surface area (Å²) in [5, 5.41) is 5.92. The van der Waals surface area contributed by atoms with E-state index in [1.807, 2.05) is 19.1 Å². The molecule has 2 N–H and O–H groups in total. The van der Waals surface area contributed by atoms with Gasteiger partial charge in [-0.3, -0.25) is 9.59 Å². The van der Waals surface area contributed by atoms with Gasteiger partial charge >= 0.3 is 0 Å². The molecular weight excluding hydrogens is 322 g/mol. The number of piperidine rings is 1. The molecule has 1 fully saturated rings. The van der Waals surface area contributed by atoms with Crippen molar-refractivity contribution in [2.75, 3.05) is 18.4 Å². The van der Waals surface area contributed by atoms with E-state index in [1.165, 1.54) is 11.8 Å². The highest BCUT2D eigenvalue weighted by Gasteiger charge is 2.25. The molecule has 1 aromatic rings. The molecule has 6 heteroatoms. The molecule has 24 heavy (non-hydrogen) atoms. The summed E-state index contributed by atoms with van der Waals surface area (Å²) < 4.78 is 0. The fourth-order valence-electron chi connectivity index (χ4n) is 3.18. The minimum absolute atomic E-state index is 0.00823. The smallest absolute Gasteiger partial charge is 0.251 e. The first-order valence-electron chi connectivity index (χ1n) is 8.60. The average molecular weight is 347 g/mol. The number of carbonyl (C=O) groups excluding carboxylic acids is 2. The Labute approximate surface area is 147 Å². The minimum atomic E-state index is -0.0941. The standard InChI is InChI=1S/C18H25N3O2S/c1-11(2)21-8-6-14(7-9-21)19-18(23)13-4-5-16-15(10-13)20-17(22)12(3)24-16/h4-5,10-12,14H,6-9H2,1-3H3,(H,19,23)(H,20,22). The first-order valence-corrected chi connectivity index (χ1v) is 9.48. The fraction of sp³-hybridized carbons (Fsp3) is 0.556. The second-order valence-corrected chi connectivity index (χ2v) is 8.22. The van der Waals surface area contributed by atoms with E-state index < -0.39 is 0 Å². The maximum absolute atomic E-state index is 12.5. The molecule has 0 aromatic heterocycles. The zero-order chi connectivity index (χ0) is 17.3. The van der Waals surface area contributed by atoms with Gasteiger partial charge in [0.15, 0.2) is 0 Å². The molecule has 0 radical (unpaired) electrons. The van der Waals surface area contributed by atoms with Crippen LogP contribution in [-0.2, 0) is 4.79 Å². The Morgan fingerprint density at radius 1 is 1.33 bits per heavy atom. The fourth-order valence-corrected chi connectivity index (χ4v) is 4.11. The van der Waals surface area contributed by atoms with Gasteiger partial charge in [0, 0.05) is 35.6 Å². The third kappa shape index (κ3) is 3.75. The summed E-state index contributed by atoms with van der Waals surface area (Å²) in [5.41, 5.74) is 1.35. The Morgan fingerprint density at radius 3 is 2.71 bits per heavy atom. The molecule has 5 nitrogen and oxygen atoms in total. The number of thioether (sulfide) groups is 1. The first kappa shape index (κ1) is 17.3. The van der Waals surface area contributed by atoms with Crippen LogP contribution in [0.1, 0.15) is 44.0 Å². The summed E-state index contributed by atoms with van der Waals surface area (Å²) in [7, 11) is 0. The van der Waals surface area contributed by atoms with Gasteiger partial charge in [-0.2, -0.15) is 0 Å². The lowest BCUT2D eigenvalue weighted by atomic mass is 10.0. The van der Waals surface area contributed by atoms with Gasteiger partial charge in [0.1, 0.15) is 0 Å². The van der Waals surface area contributed by atoms with Crippen LogP contribution in [0.3, 0.4) is 0 Å². The minimum Gasteiger partial charge on any atom is -0.349 e. The maximum Gasteiger partial charge on any atom is 0.251 e. The summed E-state index contributed by atoms with van der Waals surface area (Å²) >= 11 is 1.53. The van der Waals surface area contributed by atoms with Crippen LogP contribution in [0.2, 0.25) is 0 Å². The van der Waals surface area contributed by atoms with Gasteiger partial charge in [0.2, 0.25) is 5.91 Å². The van der Waals surface area contributed by atoms with Crippen molar-refractivity contribution in [3.05, 3.63) is 23.8 Å². The van der Waals surface area contributed by atoms with E-state index in [-0.39, 0.29) is 23.1 Å². The zero-order valence-electron chi connectivity index (χ0n) is 14.5. The predicted octanol–water partition coefficient (Wildman–Crippen LogP) is 2.72. The van der Waals surface area contributed by atoms with Crippen LogP contribution < -0.4 is 10.6 Å². The van der Waals surface area contributed by atoms with Crippen molar-refractivity contribution < 1.29 is 9.59 Å². The van der Waals surface area contributed by atoms with Gasteiger partial charge in [-0.1, -0.05) is 0 Å². The molecule has 0 bridgehead atoms. The van der Waals surface area contributed by atoms with E-state index in [9.17, 15) is 9.59 Å². The van der Waals surface area contributed by atoms with Crippen molar-refractivity contribution in [3.8, 4) is 0 Å². The third-order valence-electron chi connectivity index (χ3n) is 4.77. The van der Waals surface area contributed by atoms with Crippen LogP contribution in [0.4, 0.5) is 5.69 Å². The number of hydrogen-bond donors (Lipinski definition) is 2. The number of fused-ring (bicyclic) bond motifs is 1. The zero-order valence-corrected chi connectivity index (χ0v) is 15.3. The first-order chi connectivity index (χ1) is 11.4. The van der Waals surface area contributed by atoms with Crippen molar-refractivity contribution in [1.82, 2.24) is 10.2 Å². The summed E-state index contributed by atoms with van der Waals surface area (Å²) in [6.07, 6.45) is 1.97. The van der Waals surface area contributed by atoms with Crippen LogP contribution in [0.15, 0.2) is 23.1 Å². The quantitative estimate of drug-likeness (QED) is 0.883. The van der Waals surface area contributed by atoms with Crippen molar-refractivity contribution in [1.29, 1.82) is 0 Å². The van der Waals surface area contributed by atoms with E-state index in [1.54, 1.807) is 6.07 Å². The molecule has 1 saturated heterocycles. The van der Waals surface area contributed by atoms with Gasteiger partial charge in [-0.25, -0.2) is 0 Å². The lowest BCUT2D eigenvalue weighted by Gasteiger charge is -2.34. The average Bonchev–Trinajstić information content (AvgIpc) is 2.56. The monoisotopic (exact) mass is 347 g/mol. The Morgan fingerprint density at radius 2 is 2.04 bits per heavy atom. The summed E-state index contributed by atoms with van der Waals surface area (Å²) in [4.78, 5) is 27.8. The van der Waals surface area contributed by atoms with Crippen LogP contribution in [0, 0.1) is 0 Å². The largest absolute Gasteiger partial charge is 0.349 e. The van der Waals surface area contributed by atoms with Crippen LogP contribution in [0.5, 0.6) is 0 Å². The Bertz CT molecular complexity index is 639. The van der Waals surface area contributed by atoms with Crippen molar-refractivity contribution in [2.24, 2.45) is 0 Å². The van der Waals surface area contributed by atoms with E-state index in [0.29, 0.717) is 11.6 Å². The van der Waals surface area contributed by atoms with Crippen LogP contribution in [0.25, 0.3) is 0 Å². The van der Waals surface area contributed by atoms with Crippen LogP contribution >= 0.6 is 11.8 Å².